The Morgan fingerprint density at radius 1 is 1.19 bits per heavy atom. The first-order valence-corrected chi connectivity index (χ1v) is 8.39. The molecule has 0 amide bonds. The molecule has 1 aromatic carbocycles. The van der Waals surface area contributed by atoms with E-state index < -0.39 is 17.1 Å². The summed E-state index contributed by atoms with van der Waals surface area (Å²) in [5.41, 5.74) is 1.36. The molecule has 138 valence electrons. The van der Waals surface area contributed by atoms with Crippen LogP contribution in [-0.4, -0.2) is 20.8 Å². The molecule has 0 fully saturated rings. The van der Waals surface area contributed by atoms with Gasteiger partial charge in [-0.2, -0.15) is 0 Å². The molecule has 0 spiro atoms. The van der Waals surface area contributed by atoms with Gasteiger partial charge in [0.1, 0.15) is 17.8 Å². The highest BCUT2D eigenvalue weighted by Crippen LogP contribution is 2.34. The van der Waals surface area contributed by atoms with E-state index in [0.29, 0.717) is 28.7 Å². The second-order valence-corrected chi connectivity index (χ2v) is 6.46. The van der Waals surface area contributed by atoms with Crippen molar-refractivity contribution in [3.05, 3.63) is 68.3 Å². The lowest BCUT2D eigenvalue weighted by atomic mass is 9.92. The summed E-state index contributed by atoms with van der Waals surface area (Å²) in [6.07, 6.45) is 3.53. The number of H-pyrrole nitrogens is 1. The number of hydrogen-bond donors (Lipinski definition) is 1. The Kier molecular flexibility index (Phi) is 4.85. The first-order chi connectivity index (χ1) is 12.8. The largest absolute Gasteiger partial charge is 0.329 e. The molecule has 6 nitrogen and oxygen atoms in total. The van der Waals surface area contributed by atoms with Gasteiger partial charge in [-0.1, -0.05) is 26.0 Å². The van der Waals surface area contributed by atoms with E-state index in [1.807, 2.05) is 13.8 Å². The molecule has 0 unspecified atom stereocenters. The summed E-state index contributed by atoms with van der Waals surface area (Å²) < 4.78 is 14.7. The van der Waals surface area contributed by atoms with Crippen molar-refractivity contribution in [1.82, 2.24) is 14.5 Å². The number of rotatable bonds is 4. The molecule has 0 radical (unpaired) electrons. The average molecular weight is 367 g/mol. The van der Waals surface area contributed by atoms with Crippen LogP contribution in [0.2, 0.25) is 0 Å². The molecule has 3 rings (SSSR count). The Labute approximate surface area is 154 Å². The zero-order chi connectivity index (χ0) is 19.7. The number of halogens is 1. The Bertz CT molecular complexity index is 1170. The molecule has 27 heavy (non-hydrogen) atoms. The smallest absolute Gasteiger partial charge is 0.299 e. The van der Waals surface area contributed by atoms with Crippen LogP contribution >= 0.6 is 0 Å². The number of pyridine rings is 1. The van der Waals surface area contributed by atoms with Gasteiger partial charge in [-0.15, -0.1) is 0 Å². The minimum absolute atomic E-state index is 0.0470. The maximum absolute atomic E-state index is 13.4. The second kappa shape index (κ2) is 7.11. The van der Waals surface area contributed by atoms with Crippen molar-refractivity contribution in [2.45, 2.75) is 19.8 Å². The fourth-order valence-electron chi connectivity index (χ4n) is 3.06. The quantitative estimate of drug-likeness (QED) is 0.568. The maximum atomic E-state index is 13.4. The van der Waals surface area contributed by atoms with Crippen molar-refractivity contribution in [2.75, 3.05) is 0 Å². The van der Waals surface area contributed by atoms with Crippen LogP contribution in [-0.2, 0) is 11.8 Å². The lowest BCUT2D eigenvalue weighted by Gasteiger charge is -2.18. The molecule has 0 atom stereocenters. The number of aldehydes is 1. The van der Waals surface area contributed by atoms with Crippen molar-refractivity contribution in [2.24, 2.45) is 7.05 Å². The molecule has 0 saturated heterocycles. The molecule has 0 bridgehead atoms. The van der Waals surface area contributed by atoms with Gasteiger partial charge in [0.05, 0.1) is 11.1 Å². The Morgan fingerprint density at radius 2 is 1.85 bits per heavy atom. The van der Waals surface area contributed by atoms with E-state index in [1.165, 1.54) is 29.8 Å². The van der Waals surface area contributed by atoms with E-state index in [2.05, 4.69) is 9.97 Å². The number of nitrogens with zero attached hydrogens (tertiary/aromatic N) is 2. The number of aromatic nitrogens is 3. The third kappa shape index (κ3) is 3.23. The number of fused-ring (bicyclic) bond motifs is 1. The van der Waals surface area contributed by atoms with Gasteiger partial charge < -0.3 is 0 Å². The van der Waals surface area contributed by atoms with Gasteiger partial charge >= 0.3 is 5.69 Å². The summed E-state index contributed by atoms with van der Waals surface area (Å²) in [5.74, 6) is -0.457. The number of aromatic amines is 1. The van der Waals surface area contributed by atoms with Crippen molar-refractivity contribution < 1.29 is 9.18 Å². The first kappa shape index (κ1) is 18.4. The highest BCUT2D eigenvalue weighted by Gasteiger charge is 2.21. The third-order valence-corrected chi connectivity index (χ3v) is 4.34. The summed E-state index contributed by atoms with van der Waals surface area (Å²) >= 11 is 0. The van der Waals surface area contributed by atoms with Crippen LogP contribution in [0.25, 0.3) is 28.2 Å². The molecule has 7 heteroatoms. The van der Waals surface area contributed by atoms with Crippen LogP contribution < -0.4 is 11.2 Å². The maximum Gasteiger partial charge on any atom is 0.329 e. The lowest BCUT2D eigenvalue weighted by molar-refractivity contribution is -0.104. The SMILES string of the molecule is CC(C)c1nc2c(c(-c3ccc(F)cc3)c1C=CC=O)c(=O)[nH]c(=O)n2C. The summed E-state index contributed by atoms with van der Waals surface area (Å²) in [5, 5.41) is 0.207. The number of benzene rings is 1. The zero-order valence-electron chi connectivity index (χ0n) is 15.1. The van der Waals surface area contributed by atoms with Gasteiger partial charge in [0.15, 0.2) is 0 Å². The number of carbonyl (C=O) groups is 1. The van der Waals surface area contributed by atoms with Gasteiger partial charge in [-0.3, -0.25) is 19.1 Å². The number of hydrogen-bond acceptors (Lipinski definition) is 4. The highest BCUT2D eigenvalue weighted by molar-refractivity contribution is 5.98. The summed E-state index contributed by atoms with van der Waals surface area (Å²) in [4.78, 5) is 42.4. The first-order valence-electron chi connectivity index (χ1n) is 8.39. The minimum atomic E-state index is -0.587. The number of aryl methyl sites for hydroxylation is 1. The van der Waals surface area contributed by atoms with Crippen LogP contribution in [0.1, 0.15) is 31.0 Å². The molecular formula is C20H18FN3O3. The van der Waals surface area contributed by atoms with Crippen LogP contribution in [0, 0.1) is 5.82 Å². The Hall–Kier alpha value is -3.35. The summed E-state index contributed by atoms with van der Waals surface area (Å²) in [6, 6.07) is 5.69. The summed E-state index contributed by atoms with van der Waals surface area (Å²) in [6.45, 7) is 3.85. The van der Waals surface area contributed by atoms with Gasteiger partial charge in [0.2, 0.25) is 0 Å². The van der Waals surface area contributed by atoms with Crippen LogP contribution in [0.15, 0.2) is 39.9 Å². The van der Waals surface area contributed by atoms with E-state index in [0.717, 1.165) is 0 Å². The zero-order valence-corrected chi connectivity index (χ0v) is 15.1. The molecular weight excluding hydrogens is 349 g/mol. The monoisotopic (exact) mass is 367 g/mol. The van der Waals surface area contributed by atoms with E-state index >= 15 is 0 Å². The molecule has 0 saturated carbocycles. The third-order valence-electron chi connectivity index (χ3n) is 4.34. The number of carbonyl (C=O) groups excluding carboxylic acids is 1. The summed E-state index contributed by atoms with van der Waals surface area (Å²) in [7, 11) is 1.52. The minimum Gasteiger partial charge on any atom is -0.299 e. The Morgan fingerprint density at radius 3 is 2.44 bits per heavy atom. The molecule has 0 aliphatic rings. The van der Waals surface area contributed by atoms with Gasteiger partial charge in [-0.05, 0) is 35.8 Å². The van der Waals surface area contributed by atoms with E-state index in [1.54, 1.807) is 18.2 Å². The standard InChI is InChI=1S/C20H18FN3O3/c1-11(2)17-14(5-4-10-25)15(12-6-8-13(21)9-7-12)16-18(22-17)24(3)20(27)23-19(16)26/h4-11H,1-3H3,(H,23,26,27). The topological polar surface area (TPSA) is 84.8 Å². The van der Waals surface area contributed by atoms with Gasteiger partial charge in [-0.25, -0.2) is 14.2 Å². The van der Waals surface area contributed by atoms with Crippen LogP contribution in [0.3, 0.4) is 0 Å². The van der Waals surface area contributed by atoms with Crippen molar-refractivity contribution in [3.8, 4) is 11.1 Å². The fraction of sp³-hybridized carbons (Fsp3) is 0.200. The Balaban J connectivity index is 2.61. The molecule has 1 N–H and O–H groups in total. The van der Waals surface area contributed by atoms with E-state index in [-0.39, 0.29) is 17.0 Å². The second-order valence-electron chi connectivity index (χ2n) is 6.46. The highest BCUT2D eigenvalue weighted by atomic mass is 19.1. The average Bonchev–Trinajstić information content (AvgIpc) is 2.64. The molecule has 0 aliphatic carbocycles. The normalized spacial score (nSPS) is 11.6. The van der Waals surface area contributed by atoms with Crippen molar-refractivity contribution in [1.29, 1.82) is 0 Å². The molecule has 3 aromatic rings. The van der Waals surface area contributed by atoms with Gasteiger partial charge in [0.25, 0.3) is 5.56 Å². The predicted octanol–water partition coefficient (Wildman–Crippen LogP) is 2.76. The lowest BCUT2D eigenvalue weighted by Crippen LogP contribution is -2.30. The van der Waals surface area contributed by atoms with Crippen molar-refractivity contribution >= 4 is 23.4 Å². The molecule has 0 aliphatic heterocycles. The van der Waals surface area contributed by atoms with Crippen molar-refractivity contribution in [3.63, 3.8) is 0 Å². The van der Waals surface area contributed by atoms with E-state index in [9.17, 15) is 18.8 Å². The predicted molar refractivity (Wildman–Crippen MR) is 102 cm³/mol. The number of nitrogens with one attached hydrogen (secondary N) is 1. The molecule has 2 aromatic heterocycles. The van der Waals surface area contributed by atoms with Crippen LogP contribution in [0.5, 0.6) is 0 Å². The molecule has 2 heterocycles. The van der Waals surface area contributed by atoms with Gasteiger partial charge in [0, 0.05) is 18.2 Å². The fourth-order valence-corrected chi connectivity index (χ4v) is 3.06. The number of allylic oxidation sites excluding steroid dienone is 1. The van der Waals surface area contributed by atoms with Crippen LogP contribution in [0.4, 0.5) is 4.39 Å². The van der Waals surface area contributed by atoms with E-state index in [4.69, 9.17) is 0 Å².